The summed E-state index contributed by atoms with van der Waals surface area (Å²) in [5, 5.41) is 2.40. The first-order chi connectivity index (χ1) is 27.8. The fourth-order valence-electron chi connectivity index (χ4n) is 8.24. The third kappa shape index (κ3) is 5.95. The molecule has 1 aromatic heterocycles. The minimum Gasteiger partial charge on any atom is -0.309 e. The zero-order chi connectivity index (χ0) is 37.3. The summed E-state index contributed by atoms with van der Waals surface area (Å²) in [6.07, 6.45) is 0. The maximum atomic E-state index is 2.50. The maximum Gasteiger partial charge on any atom is 0.0562 e. The molecular weight excluding hydrogens is 677 g/mol. The molecule has 0 bridgehead atoms. The molecule has 0 aliphatic heterocycles. The van der Waals surface area contributed by atoms with Crippen molar-refractivity contribution in [2.75, 3.05) is 4.90 Å². The number of hydrogen-bond donors (Lipinski definition) is 0. The van der Waals surface area contributed by atoms with Gasteiger partial charge in [-0.3, -0.25) is 0 Å². The number of rotatable bonds is 8. The van der Waals surface area contributed by atoms with E-state index in [1.807, 2.05) is 0 Å². The van der Waals surface area contributed by atoms with Crippen LogP contribution in [0.3, 0.4) is 0 Å². The molecule has 1 heterocycles. The Morgan fingerprint density at radius 1 is 0.304 bits per heavy atom. The molecule has 0 unspecified atom stereocenters. The molecule has 9 aromatic carbocycles. The van der Waals surface area contributed by atoms with E-state index in [1.165, 1.54) is 44.1 Å². The van der Waals surface area contributed by atoms with Crippen LogP contribution in [-0.2, 0) is 0 Å². The molecule has 0 atom stereocenters. The summed E-state index contributed by atoms with van der Waals surface area (Å²) in [7, 11) is 0. The zero-order valence-electron chi connectivity index (χ0n) is 30.8. The normalized spacial score (nSPS) is 11.2. The fourth-order valence-corrected chi connectivity index (χ4v) is 8.24. The smallest absolute Gasteiger partial charge is 0.0562 e. The van der Waals surface area contributed by atoms with Gasteiger partial charge in [-0.05, 0) is 87.5 Å². The Hall–Kier alpha value is -7.42. The molecule has 2 nitrogen and oxygen atoms in total. The number of hydrogen-bond acceptors (Lipinski definition) is 1. The van der Waals surface area contributed by atoms with Crippen molar-refractivity contribution in [1.29, 1.82) is 0 Å². The van der Waals surface area contributed by atoms with Crippen LogP contribution in [0, 0.1) is 0 Å². The zero-order valence-corrected chi connectivity index (χ0v) is 30.8. The number of anilines is 3. The third-order valence-corrected chi connectivity index (χ3v) is 10.8. The first-order valence-electron chi connectivity index (χ1n) is 19.2. The van der Waals surface area contributed by atoms with Gasteiger partial charge in [-0.1, -0.05) is 182 Å². The second kappa shape index (κ2) is 14.4. The highest BCUT2D eigenvalue weighted by Gasteiger charge is 2.24. The lowest BCUT2D eigenvalue weighted by Gasteiger charge is -2.30. The summed E-state index contributed by atoms with van der Waals surface area (Å²) < 4.78 is 2.40. The van der Waals surface area contributed by atoms with Gasteiger partial charge in [0.2, 0.25) is 0 Å². The van der Waals surface area contributed by atoms with Crippen molar-refractivity contribution in [3.05, 3.63) is 231 Å². The molecule has 264 valence electrons. The second-order valence-electron chi connectivity index (χ2n) is 14.1. The van der Waals surface area contributed by atoms with Gasteiger partial charge in [0.15, 0.2) is 0 Å². The van der Waals surface area contributed by atoms with Crippen LogP contribution >= 0.6 is 0 Å². The summed E-state index contributed by atoms with van der Waals surface area (Å²) >= 11 is 0. The van der Waals surface area contributed by atoms with E-state index in [-0.39, 0.29) is 0 Å². The van der Waals surface area contributed by atoms with Crippen molar-refractivity contribution in [3.8, 4) is 50.2 Å². The van der Waals surface area contributed by atoms with Gasteiger partial charge < -0.3 is 9.47 Å². The number of nitrogens with zero attached hydrogens (tertiary/aromatic N) is 2. The van der Waals surface area contributed by atoms with Gasteiger partial charge in [0, 0.05) is 27.7 Å². The topological polar surface area (TPSA) is 8.17 Å². The van der Waals surface area contributed by atoms with Crippen molar-refractivity contribution in [2.24, 2.45) is 0 Å². The van der Waals surface area contributed by atoms with Crippen molar-refractivity contribution < 1.29 is 0 Å². The first-order valence-corrected chi connectivity index (χ1v) is 19.2. The molecule has 0 radical (unpaired) electrons. The molecular formula is C54H38N2. The first kappa shape index (κ1) is 33.2. The largest absolute Gasteiger partial charge is 0.309 e. The Morgan fingerprint density at radius 2 is 0.821 bits per heavy atom. The van der Waals surface area contributed by atoms with Gasteiger partial charge in [0.25, 0.3) is 0 Å². The summed E-state index contributed by atoms with van der Waals surface area (Å²) in [5.41, 5.74) is 16.2. The van der Waals surface area contributed by atoms with Gasteiger partial charge in [-0.25, -0.2) is 0 Å². The van der Waals surface area contributed by atoms with Crippen LogP contribution in [0.15, 0.2) is 231 Å². The molecule has 0 saturated heterocycles. The Bertz CT molecular complexity index is 2930. The maximum absolute atomic E-state index is 2.50. The average molecular weight is 715 g/mol. The molecule has 10 rings (SSSR count). The molecule has 0 aliphatic rings. The summed E-state index contributed by atoms with van der Waals surface area (Å²) in [5.74, 6) is 0. The van der Waals surface area contributed by atoms with Crippen LogP contribution in [0.2, 0.25) is 0 Å². The van der Waals surface area contributed by atoms with Crippen LogP contribution in [-0.4, -0.2) is 4.57 Å². The van der Waals surface area contributed by atoms with Crippen LogP contribution in [0.5, 0.6) is 0 Å². The van der Waals surface area contributed by atoms with Gasteiger partial charge in [0.05, 0.1) is 22.4 Å². The quantitative estimate of drug-likeness (QED) is 0.152. The van der Waals surface area contributed by atoms with Crippen LogP contribution in [0.1, 0.15) is 0 Å². The van der Waals surface area contributed by atoms with Crippen molar-refractivity contribution in [1.82, 2.24) is 4.57 Å². The monoisotopic (exact) mass is 714 g/mol. The lowest BCUT2D eigenvalue weighted by Crippen LogP contribution is -2.12. The minimum absolute atomic E-state index is 1.08. The van der Waals surface area contributed by atoms with E-state index < -0.39 is 0 Å². The molecule has 0 spiro atoms. The molecule has 0 saturated carbocycles. The Labute approximate surface area is 327 Å². The fraction of sp³-hybridized carbons (Fsp3) is 0. The third-order valence-electron chi connectivity index (χ3n) is 10.8. The van der Waals surface area contributed by atoms with Crippen molar-refractivity contribution >= 4 is 38.9 Å². The molecule has 0 N–H and O–H groups in total. The lowest BCUT2D eigenvalue weighted by atomic mass is 9.92. The summed E-state index contributed by atoms with van der Waals surface area (Å²) in [6, 6.07) is 83.2. The molecule has 2 heteroatoms. The predicted octanol–water partition coefficient (Wildman–Crippen LogP) is 14.9. The van der Waals surface area contributed by atoms with Gasteiger partial charge in [0.1, 0.15) is 0 Å². The number of benzene rings is 9. The Balaban J connectivity index is 1.32. The lowest BCUT2D eigenvalue weighted by molar-refractivity contribution is 1.18. The van der Waals surface area contributed by atoms with Crippen LogP contribution in [0.25, 0.3) is 72.0 Å². The molecule has 0 aliphatic carbocycles. The van der Waals surface area contributed by atoms with E-state index in [1.54, 1.807) is 0 Å². The molecule has 0 amide bonds. The standard InChI is InChI=1S/C54H38N2/c1-6-19-39(20-7-1)43-33-35-47(41-23-10-3-11-24-41)53(37-43)56(45-34-36-46(40-21-8-2-9-22-40)49(38-45)42-25-12-4-13-26-42)52-32-18-31-51-54(52)48-29-16-17-30-50(48)55(51)44-27-14-5-15-28-44/h1-38H. The van der Waals surface area contributed by atoms with Crippen LogP contribution in [0.4, 0.5) is 17.1 Å². The minimum atomic E-state index is 1.08. The van der Waals surface area contributed by atoms with Crippen molar-refractivity contribution in [2.45, 2.75) is 0 Å². The predicted molar refractivity (Wildman–Crippen MR) is 237 cm³/mol. The Kier molecular flexibility index (Phi) is 8.55. The highest BCUT2D eigenvalue weighted by Crippen LogP contribution is 2.49. The van der Waals surface area contributed by atoms with E-state index in [2.05, 4.69) is 240 Å². The average Bonchev–Trinajstić information content (AvgIpc) is 3.63. The highest BCUT2D eigenvalue weighted by molar-refractivity contribution is 6.17. The summed E-state index contributed by atoms with van der Waals surface area (Å²) in [4.78, 5) is 2.50. The van der Waals surface area contributed by atoms with E-state index in [0.717, 1.165) is 45.0 Å². The number of fused-ring (bicyclic) bond motifs is 3. The second-order valence-corrected chi connectivity index (χ2v) is 14.1. The van der Waals surface area contributed by atoms with Gasteiger partial charge in [-0.2, -0.15) is 0 Å². The van der Waals surface area contributed by atoms with Crippen molar-refractivity contribution in [3.63, 3.8) is 0 Å². The van der Waals surface area contributed by atoms with E-state index in [4.69, 9.17) is 0 Å². The number of aromatic nitrogens is 1. The molecule has 56 heavy (non-hydrogen) atoms. The van der Waals surface area contributed by atoms with Crippen LogP contribution < -0.4 is 4.90 Å². The Morgan fingerprint density at radius 3 is 1.48 bits per heavy atom. The SMILES string of the molecule is c1ccc(-c2ccc(-c3ccccc3)c(N(c3ccc(-c4ccccc4)c(-c4ccccc4)c3)c3cccc4c3c3ccccc3n4-c3ccccc3)c2)cc1. The van der Waals surface area contributed by atoms with E-state index in [9.17, 15) is 0 Å². The van der Waals surface area contributed by atoms with Gasteiger partial charge >= 0.3 is 0 Å². The summed E-state index contributed by atoms with van der Waals surface area (Å²) in [6.45, 7) is 0. The number of para-hydroxylation sites is 2. The molecule has 0 fully saturated rings. The highest BCUT2D eigenvalue weighted by atomic mass is 15.2. The van der Waals surface area contributed by atoms with E-state index in [0.29, 0.717) is 0 Å². The van der Waals surface area contributed by atoms with E-state index >= 15 is 0 Å². The van der Waals surface area contributed by atoms with Gasteiger partial charge in [-0.15, -0.1) is 0 Å². The molecule has 10 aromatic rings.